The molecule has 10 nitrogen and oxygen atoms in total. The SMILES string of the molecule is CC(=O)O[C@@H]1[C@@H](O)[C@@H](O)[C@H](OC[C@]2(C)[C@@H](O)C[C@H](O)[C@]3(C)[C@H]4CC=C5[C@@H]6C[C@](C)(C(=O)O)CC[C@]6(C)CC[C@@]5(C)[C@]4(C)CC[C@@H]23)O[C@H]1C. The van der Waals surface area contributed by atoms with Crippen molar-refractivity contribution in [2.45, 2.75) is 156 Å². The number of carboxylic acid groups (broad SMARTS) is 1. The summed E-state index contributed by atoms with van der Waals surface area (Å²) < 4.78 is 17.3. The fraction of sp³-hybridized carbons (Fsp3) is 0.895. The number of hydrogen-bond donors (Lipinski definition) is 5. The molecule has 0 radical (unpaired) electrons. The molecule has 0 spiro atoms. The largest absolute Gasteiger partial charge is 0.481 e. The summed E-state index contributed by atoms with van der Waals surface area (Å²) in [6.45, 7) is 16.3. The summed E-state index contributed by atoms with van der Waals surface area (Å²) in [5, 5.41) is 55.5. The fourth-order valence-corrected chi connectivity index (χ4v) is 12.3. The van der Waals surface area contributed by atoms with Crippen molar-refractivity contribution in [3.8, 4) is 0 Å². The van der Waals surface area contributed by atoms with Crippen LogP contribution in [0, 0.1) is 50.2 Å². The third kappa shape index (κ3) is 5.01. The zero-order valence-electron chi connectivity index (χ0n) is 30.2. The van der Waals surface area contributed by atoms with E-state index in [-0.39, 0.29) is 47.0 Å². The van der Waals surface area contributed by atoms with Crippen LogP contribution in [-0.2, 0) is 23.8 Å². The predicted octanol–water partition coefficient (Wildman–Crippen LogP) is 4.60. The predicted molar refractivity (Wildman–Crippen MR) is 176 cm³/mol. The number of hydrogen-bond acceptors (Lipinski definition) is 9. The summed E-state index contributed by atoms with van der Waals surface area (Å²) in [6.07, 6.45) is 2.12. The van der Waals surface area contributed by atoms with Crippen molar-refractivity contribution < 1.29 is 49.3 Å². The van der Waals surface area contributed by atoms with Gasteiger partial charge < -0.3 is 39.7 Å². The molecule has 1 saturated heterocycles. The number of carboxylic acids is 1. The molecule has 0 amide bonds. The number of ether oxygens (including phenoxy) is 3. The molecule has 1 heterocycles. The molecule has 4 saturated carbocycles. The van der Waals surface area contributed by atoms with Gasteiger partial charge in [0.15, 0.2) is 12.4 Å². The van der Waals surface area contributed by atoms with E-state index in [0.717, 1.165) is 38.5 Å². The van der Waals surface area contributed by atoms with Crippen LogP contribution < -0.4 is 0 Å². The molecule has 6 aliphatic rings. The Bertz CT molecular complexity index is 1330. The summed E-state index contributed by atoms with van der Waals surface area (Å²) >= 11 is 0. The quantitative estimate of drug-likeness (QED) is 0.206. The summed E-state index contributed by atoms with van der Waals surface area (Å²) in [6, 6.07) is 0. The minimum atomic E-state index is -1.46. The van der Waals surface area contributed by atoms with Crippen LogP contribution in [0.3, 0.4) is 0 Å². The summed E-state index contributed by atoms with van der Waals surface area (Å²) in [5.74, 6) is -1.04. The van der Waals surface area contributed by atoms with Crippen molar-refractivity contribution in [2.24, 2.45) is 50.2 Å². The monoisotopic (exact) mass is 676 g/mol. The van der Waals surface area contributed by atoms with Crippen molar-refractivity contribution in [3.63, 3.8) is 0 Å². The number of rotatable bonds is 5. The Kier molecular flexibility index (Phi) is 8.86. The summed E-state index contributed by atoms with van der Waals surface area (Å²) in [5.41, 5.74) is -0.807. The third-order valence-electron chi connectivity index (χ3n) is 15.9. The first-order valence-electron chi connectivity index (χ1n) is 18.3. The highest BCUT2D eigenvalue weighted by molar-refractivity contribution is 5.74. The summed E-state index contributed by atoms with van der Waals surface area (Å²) in [7, 11) is 0. The smallest absolute Gasteiger partial charge is 0.309 e. The molecule has 0 bridgehead atoms. The highest BCUT2D eigenvalue weighted by Crippen LogP contribution is 2.75. The van der Waals surface area contributed by atoms with Crippen LogP contribution in [0.4, 0.5) is 0 Å². The molecule has 1 aliphatic heterocycles. The maximum Gasteiger partial charge on any atom is 0.309 e. The number of aliphatic hydroxyl groups is 4. The van der Waals surface area contributed by atoms with Gasteiger partial charge in [-0.05, 0) is 99.2 Å². The van der Waals surface area contributed by atoms with E-state index in [2.05, 4.69) is 33.8 Å². The van der Waals surface area contributed by atoms with E-state index in [1.165, 1.54) is 12.5 Å². The van der Waals surface area contributed by atoms with E-state index in [9.17, 15) is 35.1 Å². The number of esters is 1. The number of carbonyl (C=O) groups excluding carboxylic acids is 1. The molecule has 6 rings (SSSR count). The minimum Gasteiger partial charge on any atom is -0.481 e. The lowest BCUT2D eigenvalue weighted by molar-refractivity contribution is -0.315. The molecular formula is C38H60O10. The molecule has 0 unspecified atom stereocenters. The lowest BCUT2D eigenvalue weighted by atomic mass is 9.33. The third-order valence-corrected chi connectivity index (χ3v) is 15.9. The topological polar surface area (TPSA) is 163 Å². The van der Waals surface area contributed by atoms with Crippen LogP contribution in [0.25, 0.3) is 0 Å². The van der Waals surface area contributed by atoms with Gasteiger partial charge in [0, 0.05) is 24.2 Å². The highest BCUT2D eigenvalue weighted by Gasteiger charge is 2.71. The van der Waals surface area contributed by atoms with Crippen LogP contribution in [0.2, 0.25) is 0 Å². The van der Waals surface area contributed by atoms with Gasteiger partial charge >= 0.3 is 11.9 Å². The number of aliphatic carboxylic acids is 1. The number of carbonyl (C=O) groups is 2. The Labute approximate surface area is 285 Å². The zero-order chi connectivity index (χ0) is 35.4. The Morgan fingerprint density at radius 1 is 0.917 bits per heavy atom. The number of allylic oxidation sites excluding steroid dienone is 2. The van der Waals surface area contributed by atoms with E-state index in [1.54, 1.807) is 6.92 Å². The van der Waals surface area contributed by atoms with Crippen LogP contribution in [0.1, 0.15) is 113 Å². The second kappa shape index (κ2) is 11.7. The number of aliphatic hydroxyl groups excluding tert-OH is 4. The lowest BCUT2D eigenvalue weighted by Gasteiger charge is -2.72. The second-order valence-electron chi connectivity index (χ2n) is 18.3. The van der Waals surface area contributed by atoms with Crippen molar-refractivity contribution in [1.29, 1.82) is 0 Å². The Morgan fingerprint density at radius 2 is 1.58 bits per heavy atom. The molecular weight excluding hydrogens is 616 g/mol. The van der Waals surface area contributed by atoms with E-state index in [4.69, 9.17) is 14.2 Å². The van der Waals surface area contributed by atoms with E-state index in [1.807, 2.05) is 13.8 Å². The molecule has 48 heavy (non-hydrogen) atoms. The maximum absolute atomic E-state index is 12.4. The second-order valence-corrected chi connectivity index (χ2v) is 18.3. The molecule has 5 aliphatic carbocycles. The van der Waals surface area contributed by atoms with Gasteiger partial charge in [-0.3, -0.25) is 9.59 Å². The van der Waals surface area contributed by atoms with E-state index < -0.39 is 71.1 Å². The zero-order valence-corrected chi connectivity index (χ0v) is 30.2. The Balaban J connectivity index is 1.29. The molecule has 5 fully saturated rings. The maximum atomic E-state index is 12.4. The minimum absolute atomic E-state index is 0.0521. The first kappa shape index (κ1) is 36.2. The normalized spacial score (nSPS) is 54.9. The average molecular weight is 677 g/mol. The van der Waals surface area contributed by atoms with Gasteiger partial charge in [0.25, 0.3) is 0 Å². The first-order valence-corrected chi connectivity index (χ1v) is 18.3. The average Bonchev–Trinajstić information content (AvgIpc) is 3.00. The van der Waals surface area contributed by atoms with Gasteiger partial charge in [0.05, 0.1) is 30.3 Å². The van der Waals surface area contributed by atoms with Gasteiger partial charge in [0.1, 0.15) is 12.2 Å². The fourth-order valence-electron chi connectivity index (χ4n) is 12.3. The molecule has 10 heteroatoms. The van der Waals surface area contributed by atoms with Gasteiger partial charge in [-0.1, -0.05) is 46.3 Å². The Hall–Kier alpha value is -1.56. The van der Waals surface area contributed by atoms with E-state index in [0.29, 0.717) is 12.8 Å². The standard InChI is InChI=1S/C38H60O10/c1-20-30(48-21(2)39)28(42)29(43)31(47-20)46-19-35(5)24-11-12-37(7)25(38(24,8)27(41)17-26(35)40)10-9-22-23-18-34(4,32(44)45)14-13-33(23,3)15-16-36(22,37)6/h9,20,23-31,40-43H,10-19H2,1-8H3,(H,44,45)/t20-,23-,24-,25-,26-,27-,28-,29+,30-,31+,33+,34+,35-,36+,37+,38-/m0/s1. The van der Waals surface area contributed by atoms with Crippen molar-refractivity contribution in [2.75, 3.05) is 6.61 Å². The first-order chi connectivity index (χ1) is 22.2. The molecule has 0 aromatic rings. The van der Waals surface area contributed by atoms with Gasteiger partial charge in [-0.2, -0.15) is 0 Å². The van der Waals surface area contributed by atoms with Crippen molar-refractivity contribution in [3.05, 3.63) is 11.6 Å². The van der Waals surface area contributed by atoms with Gasteiger partial charge in [-0.25, -0.2) is 0 Å². The molecule has 272 valence electrons. The molecule has 0 aromatic heterocycles. The van der Waals surface area contributed by atoms with Crippen LogP contribution in [-0.4, -0.2) is 87.0 Å². The highest BCUT2D eigenvalue weighted by atomic mass is 16.7. The Morgan fingerprint density at radius 3 is 2.23 bits per heavy atom. The molecule has 0 aromatic carbocycles. The van der Waals surface area contributed by atoms with Gasteiger partial charge in [-0.15, -0.1) is 0 Å². The molecule has 16 atom stereocenters. The number of fused-ring (bicyclic) bond motifs is 7. The summed E-state index contributed by atoms with van der Waals surface area (Å²) in [4.78, 5) is 24.0. The van der Waals surface area contributed by atoms with Crippen LogP contribution in [0.15, 0.2) is 11.6 Å². The van der Waals surface area contributed by atoms with E-state index >= 15 is 0 Å². The van der Waals surface area contributed by atoms with Crippen LogP contribution >= 0.6 is 0 Å². The lowest BCUT2D eigenvalue weighted by Crippen LogP contribution is -2.69. The van der Waals surface area contributed by atoms with Crippen molar-refractivity contribution in [1.82, 2.24) is 0 Å². The van der Waals surface area contributed by atoms with Gasteiger partial charge in [0.2, 0.25) is 0 Å². The van der Waals surface area contributed by atoms with Crippen LogP contribution in [0.5, 0.6) is 0 Å². The molecule has 5 N–H and O–H groups in total. The van der Waals surface area contributed by atoms with Crippen molar-refractivity contribution >= 4 is 11.9 Å².